The van der Waals surface area contributed by atoms with Gasteiger partial charge in [-0.25, -0.2) is 8.42 Å². The molecule has 0 bridgehead atoms. The van der Waals surface area contributed by atoms with Crippen LogP contribution in [0.4, 0.5) is 10.8 Å². The average molecular weight is 290 g/mol. The number of primary amides is 1. The van der Waals surface area contributed by atoms with Crippen molar-refractivity contribution in [1.29, 1.82) is 0 Å². The molecule has 0 radical (unpaired) electrons. The fourth-order valence-corrected chi connectivity index (χ4v) is 4.52. The minimum atomic E-state index is -2.89. The van der Waals surface area contributed by atoms with Crippen LogP contribution in [-0.2, 0) is 9.84 Å². The largest absolute Gasteiger partial charge is 0.382 e. The Hall–Kier alpha value is -1.35. The molecule has 2 heterocycles. The number of carbonyl (C=O) groups is 1. The molecule has 1 saturated heterocycles. The Balaban J connectivity index is 2.01. The van der Waals surface area contributed by atoms with Gasteiger partial charge >= 0.3 is 0 Å². The van der Waals surface area contributed by atoms with Gasteiger partial charge in [0, 0.05) is 6.54 Å². The van der Waals surface area contributed by atoms with Crippen LogP contribution < -0.4 is 16.8 Å². The summed E-state index contributed by atoms with van der Waals surface area (Å²) in [6.45, 7) is 0.473. The highest BCUT2D eigenvalue weighted by Crippen LogP contribution is 2.27. The lowest BCUT2D eigenvalue weighted by Gasteiger charge is -2.09. The monoisotopic (exact) mass is 290 g/mol. The van der Waals surface area contributed by atoms with Gasteiger partial charge in [-0.15, -0.1) is 0 Å². The van der Waals surface area contributed by atoms with Gasteiger partial charge in [0.25, 0.3) is 5.91 Å². The van der Waals surface area contributed by atoms with Crippen LogP contribution in [0.5, 0.6) is 0 Å². The van der Waals surface area contributed by atoms with E-state index in [0.29, 0.717) is 18.0 Å². The summed E-state index contributed by atoms with van der Waals surface area (Å²) in [5.74, 6) is -0.0663. The third-order valence-electron chi connectivity index (χ3n) is 2.84. The first-order valence-corrected chi connectivity index (χ1v) is 7.98. The number of amides is 1. The SMILES string of the molecule is NC(=O)c1c(N)nsc1NCC1CCS(=O)(=O)C1. The fraction of sp³-hybridized carbons (Fsp3) is 0.556. The summed E-state index contributed by atoms with van der Waals surface area (Å²) in [6.07, 6.45) is 0.634. The van der Waals surface area contributed by atoms with Gasteiger partial charge in [0.2, 0.25) is 0 Å². The van der Waals surface area contributed by atoms with E-state index in [1.807, 2.05) is 0 Å². The number of nitrogens with zero attached hydrogens (tertiary/aromatic N) is 1. The van der Waals surface area contributed by atoms with Crippen LogP contribution in [-0.4, -0.2) is 36.7 Å². The van der Waals surface area contributed by atoms with E-state index in [9.17, 15) is 13.2 Å². The van der Waals surface area contributed by atoms with Crippen LogP contribution in [0.15, 0.2) is 0 Å². The van der Waals surface area contributed by atoms with Crippen molar-refractivity contribution in [2.75, 3.05) is 29.1 Å². The molecule has 0 aliphatic carbocycles. The summed E-state index contributed by atoms with van der Waals surface area (Å²) in [6, 6.07) is 0. The van der Waals surface area contributed by atoms with Crippen LogP contribution >= 0.6 is 11.5 Å². The molecule has 1 fully saturated rings. The number of rotatable bonds is 4. The Morgan fingerprint density at radius 1 is 1.56 bits per heavy atom. The molecule has 1 amide bonds. The molecule has 1 aromatic heterocycles. The van der Waals surface area contributed by atoms with Crippen molar-refractivity contribution in [2.45, 2.75) is 6.42 Å². The molecule has 1 atom stereocenters. The first-order chi connectivity index (χ1) is 8.39. The Morgan fingerprint density at radius 2 is 2.28 bits per heavy atom. The van der Waals surface area contributed by atoms with Gasteiger partial charge in [-0.1, -0.05) is 0 Å². The lowest BCUT2D eigenvalue weighted by atomic mass is 10.1. The molecular formula is C9H14N4O3S2. The quantitative estimate of drug-likeness (QED) is 0.696. The number of nitrogens with one attached hydrogen (secondary N) is 1. The molecule has 5 N–H and O–H groups in total. The molecule has 1 aliphatic heterocycles. The van der Waals surface area contributed by atoms with E-state index in [1.54, 1.807) is 0 Å². The first-order valence-electron chi connectivity index (χ1n) is 5.38. The lowest BCUT2D eigenvalue weighted by molar-refractivity contribution is 0.100. The van der Waals surface area contributed by atoms with Gasteiger partial charge in [0.1, 0.15) is 10.6 Å². The van der Waals surface area contributed by atoms with E-state index in [2.05, 4.69) is 9.69 Å². The minimum Gasteiger partial charge on any atom is -0.382 e. The van der Waals surface area contributed by atoms with Crippen LogP contribution in [0.25, 0.3) is 0 Å². The van der Waals surface area contributed by atoms with E-state index < -0.39 is 15.7 Å². The highest BCUT2D eigenvalue weighted by atomic mass is 32.2. The molecule has 1 aliphatic rings. The van der Waals surface area contributed by atoms with Gasteiger partial charge < -0.3 is 16.8 Å². The van der Waals surface area contributed by atoms with E-state index >= 15 is 0 Å². The predicted molar refractivity (Wildman–Crippen MR) is 70.3 cm³/mol. The summed E-state index contributed by atoms with van der Waals surface area (Å²) < 4.78 is 26.4. The number of sulfone groups is 1. The Morgan fingerprint density at radius 3 is 2.83 bits per heavy atom. The second kappa shape index (κ2) is 4.73. The second-order valence-corrected chi connectivity index (χ2v) is 7.29. The number of aromatic nitrogens is 1. The third-order valence-corrected chi connectivity index (χ3v) is 5.50. The normalized spacial score (nSPS) is 21.9. The zero-order chi connectivity index (χ0) is 13.3. The fourth-order valence-electron chi connectivity index (χ4n) is 1.93. The van der Waals surface area contributed by atoms with Crippen molar-refractivity contribution in [3.63, 3.8) is 0 Å². The maximum atomic E-state index is 11.3. The van der Waals surface area contributed by atoms with Crippen molar-refractivity contribution in [1.82, 2.24) is 4.37 Å². The molecule has 1 aromatic rings. The lowest BCUT2D eigenvalue weighted by Crippen LogP contribution is -2.18. The molecule has 7 nitrogen and oxygen atoms in total. The van der Waals surface area contributed by atoms with Gasteiger partial charge in [-0.2, -0.15) is 4.37 Å². The molecule has 0 spiro atoms. The van der Waals surface area contributed by atoms with Crippen molar-refractivity contribution in [3.8, 4) is 0 Å². The average Bonchev–Trinajstić information content (AvgIpc) is 2.78. The van der Waals surface area contributed by atoms with E-state index in [4.69, 9.17) is 11.5 Å². The Kier molecular flexibility index (Phi) is 3.44. The predicted octanol–water partition coefficient (Wildman–Crippen LogP) is -0.329. The number of nitrogens with two attached hydrogens (primary N) is 2. The molecule has 100 valence electrons. The zero-order valence-electron chi connectivity index (χ0n) is 9.55. The molecule has 0 saturated carbocycles. The third kappa shape index (κ3) is 2.72. The van der Waals surface area contributed by atoms with Crippen LogP contribution in [0.3, 0.4) is 0 Å². The van der Waals surface area contributed by atoms with Gasteiger partial charge in [-0.05, 0) is 23.9 Å². The molecule has 1 unspecified atom stereocenters. The van der Waals surface area contributed by atoms with E-state index in [-0.39, 0.29) is 28.8 Å². The number of carbonyl (C=O) groups excluding carboxylic acids is 1. The smallest absolute Gasteiger partial charge is 0.255 e. The minimum absolute atomic E-state index is 0.0547. The van der Waals surface area contributed by atoms with Gasteiger partial charge in [0.05, 0.1) is 11.5 Å². The molecule has 9 heteroatoms. The number of hydrogen-bond donors (Lipinski definition) is 3. The summed E-state index contributed by atoms with van der Waals surface area (Å²) in [5.41, 5.74) is 10.9. The van der Waals surface area contributed by atoms with Crippen LogP contribution in [0.1, 0.15) is 16.8 Å². The Labute approximate surface area is 109 Å². The first kappa shape index (κ1) is 13.1. The van der Waals surface area contributed by atoms with Gasteiger partial charge in [0.15, 0.2) is 15.7 Å². The van der Waals surface area contributed by atoms with Crippen molar-refractivity contribution in [3.05, 3.63) is 5.56 Å². The highest BCUT2D eigenvalue weighted by Gasteiger charge is 2.28. The summed E-state index contributed by atoms with van der Waals surface area (Å²) in [5, 5.41) is 3.51. The highest BCUT2D eigenvalue weighted by molar-refractivity contribution is 7.91. The molecule has 2 rings (SSSR count). The second-order valence-electron chi connectivity index (χ2n) is 4.29. The maximum absolute atomic E-state index is 11.3. The van der Waals surface area contributed by atoms with Crippen molar-refractivity contribution >= 4 is 38.1 Å². The van der Waals surface area contributed by atoms with E-state index in [1.165, 1.54) is 0 Å². The standard InChI is InChI=1S/C9H14N4O3S2/c10-7-6(8(11)14)9(17-13-7)12-3-5-1-2-18(15,16)4-5/h5,12H,1-4H2,(H2,10,13)(H2,11,14). The Bertz CT molecular complexity index is 566. The van der Waals surface area contributed by atoms with Crippen LogP contribution in [0.2, 0.25) is 0 Å². The number of anilines is 2. The number of nitrogen functional groups attached to an aromatic ring is 1. The summed E-state index contributed by atoms with van der Waals surface area (Å²) >= 11 is 1.05. The van der Waals surface area contributed by atoms with Crippen molar-refractivity contribution in [2.24, 2.45) is 11.7 Å². The molecule has 18 heavy (non-hydrogen) atoms. The summed E-state index contributed by atoms with van der Waals surface area (Å²) in [4.78, 5) is 11.2. The zero-order valence-corrected chi connectivity index (χ0v) is 11.2. The van der Waals surface area contributed by atoms with Crippen LogP contribution in [0, 0.1) is 5.92 Å². The molecule has 0 aromatic carbocycles. The van der Waals surface area contributed by atoms with Gasteiger partial charge in [-0.3, -0.25) is 4.79 Å². The van der Waals surface area contributed by atoms with Crippen molar-refractivity contribution < 1.29 is 13.2 Å². The molecular weight excluding hydrogens is 276 g/mol. The van der Waals surface area contributed by atoms with E-state index in [0.717, 1.165) is 11.5 Å². The topological polar surface area (TPSA) is 128 Å². The maximum Gasteiger partial charge on any atom is 0.255 e. The summed E-state index contributed by atoms with van der Waals surface area (Å²) in [7, 11) is -2.89. The number of hydrogen-bond acceptors (Lipinski definition) is 7.